The molecule has 1 aromatic heterocycles. The van der Waals surface area contributed by atoms with Crippen molar-refractivity contribution in [1.82, 2.24) is 4.90 Å². The Morgan fingerprint density at radius 3 is 2.93 bits per heavy atom. The van der Waals surface area contributed by atoms with Crippen LogP contribution in [0.3, 0.4) is 0 Å². The lowest BCUT2D eigenvalue weighted by molar-refractivity contribution is -0.129. The highest BCUT2D eigenvalue weighted by Crippen LogP contribution is 2.12. The molecule has 0 unspecified atom stereocenters. The zero-order valence-electron chi connectivity index (χ0n) is 8.69. The van der Waals surface area contributed by atoms with Crippen molar-refractivity contribution >= 4 is 29.0 Å². The van der Waals surface area contributed by atoms with Crippen LogP contribution in [0.15, 0.2) is 16.8 Å². The number of thiophene rings is 1. The summed E-state index contributed by atoms with van der Waals surface area (Å²) in [6.07, 6.45) is 1.96. The lowest BCUT2D eigenvalue weighted by Crippen LogP contribution is -2.32. The van der Waals surface area contributed by atoms with Gasteiger partial charge in [0, 0.05) is 13.6 Å². The molecular weight excluding hydrogens is 214 g/mol. The molecule has 14 heavy (non-hydrogen) atoms. The van der Waals surface area contributed by atoms with Crippen LogP contribution >= 0.6 is 23.1 Å². The standard InChI is InChI=1S/C10H15NOS2/c1-8(13-3)10(12)11(2)6-9-4-5-14-7-9/h4-5,7-8H,6H2,1-3H3/t8-/m0/s1. The van der Waals surface area contributed by atoms with E-state index in [1.165, 1.54) is 5.56 Å². The minimum Gasteiger partial charge on any atom is -0.340 e. The molecule has 0 N–H and O–H groups in total. The van der Waals surface area contributed by atoms with Crippen molar-refractivity contribution in [3.05, 3.63) is 22.4 Å². The van der Waals surface area contributed by atoms with E-state index in [0.717, 1.165) is 0 Å². The fraction of sp³-hybridized carbons (Fsp3) is 0.500. The third-order valence-corrected chi connectivity index (χ3v) is 3.72. The SMILES string of the molecule is CS[C@@H](C)C(=O)N(C)Cc1ccsc1. The van der Waals surface area contributed by atoms with Crippen molar-refractivity contribution in [2.75, 3.05) is 13.3 Å². The van der Waals surface area contributed by atoms with Gasteiger partial charge in [-0.25, -0.2) is 0 Å². The smallest absolute Gasteiger partial charge is 0.235 e. The molecular formula is C10H15NOS2. The molecule has 0 aliphatic carbocycles. The fourth-order valence-electron chi connectivity index (χ4n) is 1.15. The van der Waals surface area contributed by atoms with Crippen LogP contribution in [0, 0.1) is 0 Å². The minimum absolute atomic E-state index is 0.0543. The van der Waals surface area contributed by atoms with E-state index in [9.17, 15) is 4.79 Å². The Balaban J connectivity index is 2.50. The Labute approximate surface area is 93.3 Å². The fourth-order valence-corrected chi connectivity index (χ4v) is 2.19. The molecule has 0 aliphatic rings. The van der Waals surface area contributed by atoms with Gasteiger partial charge in [0.15, 0.2) is 0 Å². The molecule has 1 rings (SSSR count). The molecule has 0 saturated heterocycles. The molecule has 1 heterocycles. The van der Waals surface area contributed by atoms with Gasteiger partial charge in [-0.15, -0.1) is 0 Å². The van der Waals surface area contributed by atoms with Gasteiger partial charge >= 0.3 is 0 Å². The molecule has 1 amide bonds. The second-order valence-corrected chi connectivity index (χ2v) is 5.16. The van der Waals surface area contributed by atoms with Gasteiger partial charge in [-0.3, -0.25) is 4.79 Å². The summed E-state index contributed by atoms with van der Waals surface area (Å²) in [7, 11) is 1.85. The van der Waals surface area contributed by atoms with Crippen molar-refractivity contribution in [2.45, 2.75) is 18.7 Å². The Hall–Kier alpha value is -0.480. The first kappa shape index (κ1) is 11.6. The molecule has 0 fully saturated rings. The highest BCUT2D eigenvalue weighted by atomic mass is 32.2. The summed E-state index contributed by atoms with van der Waals surface area (Å²) < 4.78 is 0. The summed E-state index contributed by atoms with van der Waals surface area (Å²) >= 11 is 3.25. The highest BCUT2D eigenvalue weighted by Gasteiger charge is 2.16. The highest BCUT2D eigenvalue weighted by molar-refractivity contribution is 7.99. The number of thioether (sulfide) groups is 1. The lowest BCUT2D eigenvalue weighted by atomic mass is 10.3. The van der Waals surface area contributed by atoms with E-state index in [-0.39, 0.29) is 11.2 Å². The molecule has 1 aromatic rings. The zero-order chi connectivity index (χ0) is 10.6. The summed E-state index contributed by atoms with van der Waals surface area (Å²) in [6, 6.07) is 2.05. The number of hydrogen-bond donors (Lipinski definition) is 0. The zero-order valence-corrected chi connectivity index (χ0v) is 10.3. The average molecular weight is 229 g/mol. The largest absolute Gasteiger partial charge is 0.340 e. The summed E-state index contributed by atoms with van der Waals surface area (Å²) in [5.41, 5.74) is 1.21. The average Bonchev–Trinajstić information content (AvgIpc) is 2.68. The maximum Gasteiger partial charge on any atom is 0.235 e. The summed E-state index contributed by atoms with van der Waals surface area (Å²) in [5, 5.41) is 4.16. The van der Waals surface area contributed by atoms with Crippen molar-refractivity contribution in [2.24, 2.45) is 0 Å². The van der Waals surface area contributed by atoms with E-state index < -0.39 is 0 Å². The molecule has 0 aliphatic heterocycles. The van der Waals surface area contributed by atoms with E-state index in [4.69, 9.17) is 0 Å². The van der Waals surface area contributed by atoms with Crippen LogP contribution in [0.2, 0.25) is 0 Å². The van der Waals surface area contributed by atoms with Crippen LogP contribution in [0.1, 0.15) is 12.5 Å². The van der Waals surface area contributed by atoms with Crippen LogP contribution in [0.5, 0.6) is 0 Å². The van der Waals surface area contributed by atoms with Gasteiger partial charge in [-0.1, -0.05) is 0 Å². The topological polar surface area (TPSA) is 20.3 Å². The quantitative estimate of drug-likeness (QED) is 0.790. The van der Waals surface area contributed by atoms with Gasteiger partial charge < -0.3 is 4.90 Å². The molecule has 0 spiro atoms. The van der Waals surface area contributed by atoms with E-state index in [2.05, 4.69) is 11.4 Å². The Morgan fingerprint density at radius 1 is 1.71 bits per heavy atom. The lowest BCUT2D eigenvalue weighted by Gasteiger charge is -2.19. The molecule has 0 aromatic carbocycles. The maximum absolute atomic E-state index is 11.7. The van der Waals surface area contributed by atoms with Gasteiger partial charge in [0.2, 0.25) is 5.91 Å². The predicted molar refractivity (Wildman–Crippen MR) is 63.8 cm³/mol. The summed E-state index contributed by atoms with van der Waals surface area (Å²) in [4.78, 5) is 13.5. The van der Waals surface area contributed by atoms with Crippen molar-refractivity contribution in [1.29, 1.82) is 0 Å². The van der Waals surface area contributed by atoms with Crippen LogP contribution in [0.25, 0.3) is 0 Å². The minimum atomic E-state index is 0.0543. The second kappa shape index (κ2) is 5.41. The maximum atomic E-state index is 11.7. The number of amides is 1. The summed E-state index contributed by atoms with van der Waals surface area (Å²) in [6.45, 7) is 2.66. The first-order valence-corrected chi connectivity index (χ1v) is 6.67. The molecule has 0 radical (unpaired) electrons. The van der Waals surface area contributed by atoms with E-state index in [0.29, 0.717) is 6.54 Å². The number of rotatable bonds is 4. The van der Waals surface area contributed by atoms with Crippen LogP contribution in [-0.2, 0) is 11.3 Å². The third kappa shape index (κ3) is 3.03. The number of nitrogens with zero attached hydrogens (tertiary/aromatic N) is 1. The van der Waals surface area contributed by atoms with Crippen LogP contribution in [0.4, 0.5) is 0 Å². The molecule has 0 saturated carbocycles. The van der Waals surface area contributed by atoms with Gasteiger partial charge in [-0.2, -0.15) is 23.1 Å². The molecule has 1 atom stereocenters. The first-order valence-electron chi connectivity index (χ1n) is 4.44. The normalized spacial score (nSPS) is 12.5. The second-order valence-electron chi connectivity index (χ2n) is 3.20. The molecule has 78 valence electrons. The summed E-state index contributed by atoms with van der Waals surface area (Å²) in [5.74, 6) is 0.198. The number of carbonyl (C=O) groups is 1. The Bertz CT molecular complexity index is 284. The number of carbonyl (C=O) groups excluding carboxylic acids is 1. The molecule has 0 bridgehead atoms. The molecule has 4 heteroatoms. The predicted octanol–water partition coefficient (Wildman–Crippen LogP) is 2.46. The van der Waals surface area contributed by atoms with E-state index >= 15 is 0 Å². The van der Waals surface area contributed by atoms with Gasteiger partial charge in [0.1, 0.15) is 0 Å². The monoisotopic (exact) mass is 229 g/mol. The van der Waals surface area contributed by atoms with Gasteiger partial charge in [0.25, 0.3) is 0 Å². The van der Waals surface area contributed by atoms with E-state index in [1.54, 1.807) is 28.0 Å². The van der Waals surface area contributed by atoms with Gasteiger partial charge in [-0.05, 0) is 35.6 Å². The first-order chi connectivity index (χ1) is 6.65. The third-order valence-electron chi connectivity index (χ3n) is 2.08. The number of hydrogen-bond acceptors (Lipinski definition) is 3. The van der Waals surface area contributed by atoms with Crippen molar-refractivity contribution in [3.63, 3.8) is 0 Å². The van der Waals surface area contributed by atoms with Crippen LogP contribution in [-0.4, -0.2) is 29.4 Å². The van der Waals surface area contributed by atoms with Crippen LogP contribution < -0.4 is 0 Å². The van der Waals surface area contributed by atoms with Gasteiger partial charge in [0.05, 0.1) is 5.25 Å². The van der Waals surface area contributed by atoms with Crippen molar-refractivity contribution < 1.29 is 4.79 Å². The molecule has 2 nitrogen and oxygen atoms in total. The van der Waals surface area contributed by atoms with E-state index in [1.807, 2.05) is 25.6 Å². The Morgan fingerprint density at radius 2 is 2.43 bits per heavy atom. The van der Waals surface area contributed by atoms with Crippen molar-refractivity contribution in [3.8, 4) is 0 Å². The Kier molecular flexibility index (Phi) is 4.48.